The second-order valence-corrected chi connectivity index (χ2v) is 10.9. The first-order valence-electron chi connectivity index (χ1n) is 14.7. The fourth-order valence-corrected chi connectivity index (χ4v) is 6.21. The molecule has 8 rings (SSSR count). The van der Waals surface area contributed by atoms with Crippen LogP contribution in [-0.4, -0.2) is 19.1 Å². The zero-order valence-corrected chi connectivity index (χ0v) is 24.1. The molecule has 0 aliphatic carbocycles. The number of hydrogen-bond acceptors (Lipinski definition) is 2. The smallest absolute Gasteiger partial charge is 0.235 e. The van der Waals surface area contributed by atoms with Gasteiger partial charge in [0.05, 0.1) is 33.1 Å². The Kier molecular flexibility index (Phi) is 6.05. The maximum absolute atomic E-state index is 5.23. The van der Waals surface area contributed by atoms with Gasteiger partial charge in [-0.1, -0.05) is 128 Å². The second kappa shape index (κ2) is 10.4. The minimum absolute atomic E-state index is 0.579. The molecule has 0 radical (unpaired) electrons. The first-order valence-corrected chi connectivity index (χ1v) is 14.7. The Morgan fingerprint density at radius 3 is 1.36 bits per heavy atom. The highest BCUT2D eigenvalue weighted by Crippen LogP contribution is 2.27. The zero-order valence-electron chi connectivity index (χ0n) is 24.1. The minimum Gasteiger partial charge on any atom is -0.307 e. The van der Waals surface area contributed by atoms with E-state index in [-0.39, 0.29) is 0 Å². The Balaban J connectivity index is 1.61. The highest BCUT2D eigenvalue weighted by molar-refractivity contribution is 5.85. The molecule has 0 spiro atoms. The van der Waals surface area contributed by atoms with E-state index in [9.17, 15) is 0 Å². The molecule has 44 heavy (non-hydrogen) atoms. The van der Waals surface area contributed by atoms with E-state index in [0.717, 1.165) is 71.1 Å². The summed E-state index contributed by atoms with van der Waals surface area (Å²) in [6.07, 6.45) is 0. The van der Waals surface area contributed by atoms with Crippen molar-refractivity contribution in [2.45, 2.75) is 0 Å². The average Bonchev–Trinajstić information content (AvgIpc) is 3.55. The fraction of sp³-hybridized carbons (Fsp3) is 0. The van der Waals surface area contributed by atoms with Gasteiger partial charge in [0.25, 0.3) is 0 Å². The number of rotatable bonds is 4. The minimum atomic E-state index is 0.579. The molecule has 0 saturated carbocycles. The van der Waals surface area contributed by atoms with Crippen LogP contribution in [0.3, 0.4) is 0 Å². The molecule has 0 atom stereocenters. The van der Waals surface area contributed by atoms with E-state index in [2.05, 4.69) is 125 Å². The maximum Gasteiger partial charge on any atom is 0.235 e. The van der Waals surface area contributed by atoms with Gasteiger partial charge in [0.15, 0.2) is 0 Å². The Morgan fingerprint density at radius 1 is 0.432 bits per heavy atom. The van der Waals surface area contributed by atoms with E-state index >= 15 is 0 Å². The van der Waals surface area contributed by atoms with Crippen molar-refractivity contribution in [3.63, 3.8) is 0 Å². The quantitative estimate of drug-likeness (QED) is 0.219. The van der Waals surface area contributed by atoms with Gasteiger partial charge in [0.2, 0.25) is 5.95 Å². The van der Waals surface area contributed by atoms with Gasteiger partial charge in [-0.2, -0.15) is 0 Å². The summed E-state index contributed by atoms with van der Waals surface area (Å²) in [6, 6.07) is 49.8. The molecule has 5 aromatic carbocycles. The summed E-state index contributed by atoms with van der Waals surface area (Å²) in [6.45, 7) is 9.31. The van der Waals surface area contributed by atoms with Crippen molar-refractivity contribution in [1.29, 1.82) is 0 Å². The van der Waals surface area contributed by atoms with Gasteiger partial charge in [0.1, 0.15) is 0 Å². The van der Waals surface area contributed by atoms with Crippen LogP contribution >= 0.6 is 0 Å². The van der Waals surface area contributed by atoms with E-state index in [1.807, 2.05) is 42.5 Å². The van der Waals surface area contributed by atoms with Crippen LogP contribution in [0.5, 0.6) is 0 Å². The highest BCUT2D eigenvalue weighted by atomic mass is 15.2. The Morgan fingerprint density at radius 2 is 0.841 bits per heavy atom. The second-order valence-electron chi connectivity index (χ2n) is 10.9. The van der Waals surface area contributed by atoms with Crippen molar-refractivity contribution in [3.05, 3.63) is 167 Å². The molecule has 3 aromatic heterocycles. The third-order valence-electron chi connectivity index (χ3n) is 8.25. The summed E-state index contributed by atoms with van der Waals surface area (Å²) >= 11 is 0. The number of hydrogen-bond donors (Lipinski definition) is 0. The van der Waals surface area contributed by atoms with Gasteiger partial charge >= 0.3 is 0 Å². The van der Waals surface area contributed by atoms with Gasteiger partial charge in [-0.25, -0.2) is 9.97 Å². The first kappa shape index (κ1) is 25.7. The Bertz CT molecular complexity index is 2460. The molecule has 4 nitrogen and oxygen atoms in total. The number of benzene rings is 5. The van der Waals surface area contributed by atoms with Crippen molar-refractivity contribution in [3.8, 4) is 34.2 Å². The third-order valence-corrected chi connectivity index (χ3v) is 8.25. The van der Waals surface area contributed by atoms with Crippen LogP contribution in [0, 0.1) is 10.7 Å². The summed E-state index contributed by atoms with van der Waals surface area (Å²) in [5.41, 5.74) is 6.87. The van der Waals surface area contributed by atoms with Crippen LogP contribution in [0.4, 0.5) is 0 Å². The normalized spacial score (nSPS) is 12.2. The summed E-state index contributed by atoms with van der Waals surface area (Å²) in [7, 11) is 0. The lowest BCUT2D eigenvalue weighted by atomic mass is 10.1. The molecule has 0 unspecified atom stereocenters. The van der Waals surface area contributed by atoms with Gasteiger partial charge < -0.3 is 4.57 Å². The number of aromatic nitrogens is 4. The molecule has 8 aromatic rings. The van der Waals surface area contributed by atoms with E-state index in [0.29, 0.717) is 5.95 Å². The van der Waals surface area contributed by atoms with Crippen molar-refractivity contribution in [2.24, 2.45) is 0 Å². The standard InChI is InChI=1S/C40H28N4/c1-27-32-22-12-14-24-36(32)43(31-20-10-5-11-21-31)38(27)39-28(2)33-23-13-15-25-37(33)44(39)40-41-34(29-16-6-3-7-17-29)26-35(42-40)30-18-8-4-9-19-30/h3-26H,1-2H2/b39-38-. The molecule has 0 amide bonds. The van der Waals surface area contributed by atoms with Crippen LogP contribution in [-0.2, 0) is 0 Å². The molecule has 0 aliphatic heterocycles. The molecule has 0 bridgehead atoms. The van der Waals surface area contributed by atoms with E-state index in [1.54, 1.807) is 0 Å². The molecule has 208 valence electrons. The van der Waals surface area contributed by atoms with Crippen LogP contribution in [0.2, 0.25) is 0 Å². The average molecular weight is 565 g/mol. The lowest BCUT2D eigenvalue weighted by Crippen LogP contribution is -2.13. The van der Waals surface area contributed by atoms with Gasteiger partial charge in [0, 0.05) is 38.0 Å². The molecule has 0 aliphatic rings. The van der Waals surface area contributed by atoms with E-state index in [4.69, 9.17) is 9.97 Å². The van der Waals surface area contributed by atoms with Crippen molar-refractivity contribution in [1.82, 2.24) is 19.1 Å². The van der Waals surface area contributed by atoms with Gasteiger partial charge in [-0.15, -0.1) is 0 Å². The summed E-state index contributed by atoms with van der Waals surface area (Å²) in [4.78, 5) is 10.5. The Hall–Kier alpha value is -6.00. The highest BCUT2D eigenvalue weighted by Gasteiger charge is 2.18. The third kappa shape index (κ3) is 4.08. The predicted octanol–water partition coefficient (Wildman–Crippen LogP) is 7.81. The lowest BCUT2D eigenvalue weighted by Gasteiger charge is -2.12. The monoisotopic (exact) mass is 564 g/mol. The van der Waals surface area contributed by atoms with Crippen molar-refractivity contribution < 1.29 is 0 Å². The summed E-state index contributed by atoms with van der Waals surface area (Å²) in [5, 5.41) is 5.85. The van der Waals surface area contributed by atoms with Gasteiger partial charge in [-0.05, 0) is 30.3 Å². The van der Waals surface area contributed by atoms with Crippen LogP contribution in [0.15, 0.2) is 146 Å². The molecular formula is C40H28N4. The SMILES string of the molecule is C=c1/c(=c2\c(=C)c3ccccc3n2-c2nc(-c3ccccc3)cc(-c3ccccc3)n2)n(-c2ccccc2)c2ccccc12. The Labute approximate surface area is 254 Å². The van der Waals surface area contributed by atoms with E-state index in [1.165, 1.54) is 0 Å². The molecule has 3 heterocycles. The van der Waals surface area contributed by atoms with Crippen LogP contribution in [0.1, 0.15) is 0 Å². The number of fused-ring (bicyclic) bond motifs is 2. The molecule has 0 saturated heterocycles. The van der Waals surface area contributed by atoms with Crippen LogP contribution < -0.4 is 10.4 Å². The molecule has 0 N–H and O–H groups in total. The molecular weight excluding hydrogens is 536 g/mol. The first-order chi connectivity index (χ1) is 21.7. The van der Waals surface area contributed by atoms with E-state index < -0.39 is 0 Å². The maximum atomic E-state index is 5.23. The van der Waals surface area contributed by atoms with Crippen LogP contribution in [0.25, 0.3) is 69.1 Å². The lowest BCUT2D eigenvalue weighted by molar-refractivity contribution is 0.916. The largest absolute Gasteiger partial charge is 0.307 e. The molecule has 4 heteroatoms. The topological polar surface area (TPSA) is 35.6 Å². The predicted molar refractivity (Wildman–Crippen MR) is 181 cm³/mol. The van der Waals surface area contributed by atoms with Gasteiger partial charge in [-0.3, -0.25) is 4.57 Å². The van der Waals surface area contributed by atoms with Crippen molar-refractivity contribution >= 4 is 35.0 Å². The summed E-state index contributed by atoms with van der Waals surface area (Å²) in [5.74, 6) is 0.579. The number of para-hydroxylation sites is 3. The zero-order chi connectivity index (χ0) is 29.6. The molecule has 0 fully saturated rings. The number of nitrogens with zero attached hydrogens (tertiary/aromatic N) is 4. The summed E-state index contributed by atoms with van der Waals surface area (Å²) < 4.78 is 4.45. The van der Waals surface area contributed by atoms with Crippen molar-refractivity contribution in [2.75, 3.05) is 0 Å². The fourth-order valence-electron chi connectivity index (χ4n) is 6.21.